The van der Waals surface area contributed by atoms with Crippen LogP contribution < -0.4 is 0 Å². The van der Waals surface area contributed by atoms with Crippen LogP contribution in [0.5, 0.6) is 0 Å². The minimum Gasteiger partial charge on any atom is -0.462 e. The van der Waals surface area contributed by atoms with Gasteiger partial charge >= 0.3 is 17.9 Å². The first kappa shape index (κ1) is 66.4. The number of unbranched alkanes of at least 4 members (excludes halogenated alkanes) is 36. The van der Waals surface area contributed by atoms with E-state index in [-0.39, 0.29) is 37.5 Å². The average Bonchev–Trinajstić information content (AvgIpc) is 3.35. The molecular formula is C63H114O6. The summed E-state index contributed by atoms with van der Waals surface area (Å²) in [6, 6.07) is 0. The van der Waals surface area contributed by atoms with Gasteiger partial charge in [0.2, 0.25) is 0 Å². The first-order chi connectivity index (χ1) is 34.0. The second-order valence-corrected chi connectivity index (χ2v) is 20.3. The number of carbonyl (C=O) groups is 3. The maximum absolute atomic E-state index is 12.9. The van der Waals surface area contributed by atoms with Crippen molar-refractivity contribution in [1.29, 1.82) is 0 Å². The molecule has 6 nitrogen and oxygen atoms in total. The first-order valence-electron chi connectivity index (χ1n) is 30.1. The van der Waals surface area contributed by atoms with Crippen molar-refractivity contribution in [3.63, 3.8) is 0 Å². The summed E-state index contributed by atoms with van der Waals surface area (Å²) in [5.74, 6) is -0.924. The van der Waals surface area contributed by atoms with Gasteiger partial charge in [-0.1, -0.05) is 288 Å². The molecule has 0 aliphatic heterocycles. The van der Waals surface area contributed by atoms with Crippen molar-refractivity contribution in [1.82, 2.24) is 0 Å². The van der Waals surface area contributed by atoms with E-state index in [1.165, 1.54) is 205 Å². The highest BCUT2D eigenvalue weighted by atomic mass is 16.6. The Hall–Kier alpha value is -2.63. The van der Waals surface area contributed by atoms with Crippen LogP contribution in [0.4, 0.5) is 0 Å². The lowest BCUT2D eigenvalue weighted by Crippen LogP contribution is -2.30. The summed E-state index contributed by atoms with van der Waals surface area (Å²) in [6.45, 7) is 6.62. The van der Waals surface area contributed by atoms with Crippen LogP contribution in [0, 0.1) is 0 Å². The van der Waals surface area contributed by atoms with E-state index in [0.29, 0.717) is 19.3 Å². The summed E-state index contributed by atoms with van der Waals surface area (Å²) in [5.41, 5.74) is 0. The first-order valence-corrected chi connectivity index (χ1v) is 30.1. The van der Waals surface area contributed by atoms with Gasteiger partial charge in [0.25, 0.3) is 0 Å². The number of hydrogen-bond acceptors (Lipinski definition) is 6. The third kappa shape index (κ3) is 56.2. The van der Waals surface area contributed by atoms with Gasteiger partial charge in [-0.25, -0.2) is 0 Å². The molecule has 0 heterocycles. The Balaban J connectivity index is 4.41. The van der Waals surface area contributed by atoms with Crippen molar-refractivity contribution < 1.29 is 28.6 Å². The Morgan fingerprint density at radius 2 is 0.536 bits per heavy atom. The van der Waals surface area contributed by atoms with E-state index in [2.05, 4.69) is 69.4 Å². The van der Waals surface area contributed by atoms with Crippen molar-refractivity contribution in [2.45, 2.75) is 322 Å². The summed E-state index contributed by atoms with van der Waals surface area (Å²) < 4.78 is 16.9. The second-order valence-electron chi connectivity index (χ2n) is 20.3. The van der Waals surface area contributed by atoms with Crippen molar-refractivity contribution in [3.8, 4) is 0 Å². The van der Waals surface area contributed by atoms with Gasteiger partial charge in [0.15, 0.2) is 6.10 Å². The molecule has 0 spiro atoms. The van der Waals surface area contributed by atoms with Gasteiger partial charge in [-0.2, -0.15) is 0 Å². The van der Waals surface area contributed by atoms with Gasteiger partial charge in [-0.05, 0) is 57.8 Å². The number of esters is 3. The van der Waals surface area contributed by atoms with E-state index in [0.717, 1.165) is 64.2 Å². The molecule has 0 aliphatic carbocycles. The fourth-order valence-electron chi connectivity index (χ4n) is 8.79. The van der Waals surface area contributed by atoms with Crippen molar-refractivity contribution in [2.24, 2.45) is 0 Å². The highest BCUT2D eigenvalue weighted by molar-refractivity contribution is 5.71. The molecule has 402 valence electrons. The highest BCUT2D eigenvalue weighted by Crippen LogP contribution is 2.17. The Morgan fingerprint density at radius 3 is 0.870 bits per heavy atom. The zero-order chi connectivity index (χ0) is 50.0. The van der Waals surface area contributed by atoms with Gasteiger partial charge < -0.3 is 14.2 Å². The number of hydrogen-bond donors (Lipinski definition) is 0. The lowest BCUT2D eigenvalue weighted by atomic mass is 10.0. The van der Waals surface area contributed by atoms with Crippen molar-refractivity contribution in [3.05, 3.63) is 48.6 Å². The van der Waals surface area contributed by atoms with Gasteiger partial charge in [0, 0.05) is 19.3 Å². The molecule has 0 rings (SSSR count). The summed E-state index contributed by atoms with van der Waals surface area (Å²) in [7, 11) is 0. The molecule has 0 fully saturated rings. The SMILES string of the molecule is CCCCCC=CCC=CCC=CCC=CCCCC(=O)OC[C@@H](COC(=O)CCCCCCCCCCCCCCCCCCC)OC(=O)CCCCCCCCCCCCCCCCCCC. The molecule has 0 saturated heterocycles. The highest BCUT2D eigenvalue weighted by Gasteiger charge is 2.19. The molecule has 1 atom stereocenters. The van der Waals surface area contributed by atoms with E-state index in [1.807, 2.05) is 0 Å². The van der Waals surface area contributed by atoms with Crippen LogP contribution in [0.2, 0.25) is 0 Å². The molecule has 0 radical (unpaired) electrons. The predicted molar refractivity (Wildman–Crippen MR) is 298 cm³/mol. The van der Waals surface area contributed by atoms with Gasteiger partial charge in [-0.15, -0.1) is 0 Å². The second kappa shape index (κ2) is 57.9. The average molecular weight is 968 g/mol. The number of carbonyl (C=O) groups excluding carboxylic acids is 3. The summed E-state index contributed by atoms with van der Waals surface area (Å²) in [4.78, 5) is 38.2. The molecule has 0 aromatic carbocycles. The van der Waals surface area contributed by atoms with E-state index >= 15 is 0 Å². The monoisotopic (exact) mass is 967 g/mol. The number of rotatable bonds is 55. The third-order valence-corrected chi connectivity index (χ3v) is 13.3. The topological polar surface area (TPSA) is 78.9 Å². The quantitative estimate of drug-likeness (QED) is 0.0262. The lowest BCUT2D eigenvalue weighted by molar-refractivity contribution is -0.167. The molecule has 0 aliphatic rings. The normalized spacial score (nSPS) is 12.3. The minimum absolute atomic E-state index is 0.0852. The van der Waals surface area contributed by atoms with E-state index in [4.69, 9.17) is 14.2 Å². The zero-order valence-corrected chi connectivity index (χ0v) is 46.1. The van der Waals surface area contributed by atoms with E-state index in [1.54, 1.807) is 0 Å². The van der Waals surface area contributed by atoms with E-state index in [9.17, 15) is 14.4 Å². The molecule has 0 bridgehead atoms. The van der Waals surface area contributed by atoms with Crippen molar-refractivity contribution >= 4 is 17.9 Å². The molecule has 0 unspecified atom stereocenters. The molecule has 0 aromatic heterocycles. The largest absolute Gasteiger partial charge is 0.462 e. The van der Waals surface area contributed by atoms with Crippen LogP contribution in [0.25, 0.3) is 0 Å². The maximum atomic E-state index is 12.9. The molecule has 0 N–H and O–H groups in total. The lowest BCUT2D eigenvalue weighted by Gasteiger charge is -2.18. The van der Waals surface area contributed by atoms with Crippen LogP contribution in [-0.4, -0.2) is 37.2 Å². The number of ether oxygens (including phenoxy) is 3. The van der Waals surface area contributed by atoms with Crippen LogP contribution in [-0.2, 0) is 28.6 Å². The van der Waals surface area contributed by atoms with Crippen LogP contribution in [0.1, 0.15) is 316 Å². The maximum Gasteiger partial charge on any atom is 0.306 e. The standard InChI is InChI=1S/C63H114O6/c1-4-7-10-13-16-19-22-25-28-31-34-37-40-43-46-49-52-55-61(64)67-58-60(69-63(66)57-54-51-48-45-42-39-36-33-30-27-24-21-18-15-12-9-6-3)59-68-62(65)56-53-50-47-44-41-38-35-32-29-26-23-20-17-14-11-8-5-2/h16,19,25,28,34,37,43,46,60H,4-15,17-18,20-24,26-27,29-33,35-36,38-42,44-45,47-59H2,1-3H3/t60-/m0/s1. The fourth-order valence-corrected chi connectivity index (χ4v) is 8.79. The third-order valence-electron chi connectivity index (χ3n) is 13.3. The summed E-state index contributed by atoms with van der Waals surface area (Å²) in [6.07, 6.45) is 71.1. The molecule has 0 amide bonds. The molecule has 0 saturated carbocycles. The smallest absolute Gasteiger partial charge is 0.306 e. The van der Waals surface area contributed by atoms with Crippen LogP contribution in [0.15, 0.2) is 48.6 Å². The molecular weight excluding hydrogens is 853 g/mol. The summed E-state index contributed by atoms with van der Waals surface area (Å²) in [5, 5.41) is 0. The van der Waals surface area contributed by atoms with Gasteiger partial charge in [0.05, 0.1) is 0 Å². The molecule has 69 heavy (non-hydrogen) atoms. The molecule has 0 aromatic rings. The Morgan fingerprint density at radius 1 is 0.290 bits per heavy atom. The Labute approximate surface area is 428 Å². The summed E-state index contributed by atoms with van der Waals surface area (Å²) >= 11 is 0. The number of allylic oxidation sites excluding steroid dienone is 8. The van der Waals surface area contributed by atoms with Crippen LogP contribution in [0.3, 0.4) is 0 Å². The predicted octanol–water partition coefficient (Wildman–Crippen LogP) is 20.2. The van der Waals surface area contributed by atoms with Crippen molar-refractivity contribution in [2.75, 3.05) is 13.2 Å². The Kier molecular flexibility index (Phi) is 55.7. The zero-order valence-electron chi connectivity index (χ0n) is 46.1. The molecule has 6 heteroatoms. The van der Waals surface area contributed by atoms with E-state index < -0.39 is 6.10 Å². The van der Waals surface area contributed by atoms with Gasteiger partial charge in [-0.3, -0.25) is 14.4 Å². The van der Waals surface area contributed by atoms with Gasteiger partial charge in [0.1, 0.15) is 13.2 Å². The minimum atomic E-state index is -0.791. The van der Waals surface area contributed by atoms with Crippen LogP contribution >= 0.6 is 0 Å². The fraction of sp³-hybridized carbons (Fsp3) is 0.825. The Bertz CT molecular complexity index is 1200.